The first kappa shape index (κ1) is 16.4. The van der Waals surface area contributed by atoms with Gasteiger partial charge in [-0.2, -0.15) is 0 Å². The number of aliphatic carboxylic acids is 1. The van der Waals surface area contributed by atoms with Crippen molar-refractivity contribution >= 4 is 11.9 Å². The number of amides is 1. The number of hydrogen-bond acceptors (Lipinski definition) is 6. The Balaban J connectivity index is 1.56. The van der Waals surface area contributed by atoms with Crippen molar-refractivity contribution in [3.05, 3.63) is 35.7 Å². The highest BCUT2D eigenvalue weighted by atomic mass is 16.7. The molecule has 2 aromatic rings. The van der Waals surface area contributed by atoms with Gasteiger partial charge in [-0.1, -0.05) is 5.21 Å². The quantitative estimate of drug-likeness (QED) is 0.864. The van der Waals surface area contributed by atoms with Crippen LogP contribution in [0.4, 0.5) is 0 Å². The summed E-state index contributed by atoms with van der Waals surface area (Å²) in [6.45, 7) is 0.914. The SMILES string of the molecule is Cn1cc([C@@H]2CN(C(=O)c3ccc4c(c3)OCO4)C[C@@H]2CC(=O)O)nn1. The average Bonchev–Trinajstić information content (AvgIpc) is 3.32. The van der Waals surface area contributed by atoms with E-state index in [-0.39, 0.29) is 31.0 Å². The highest BCUT2D eigenvalue weighted by molar-refractivity contribution is 5.95. The van der Waals surface area contributed by atoms with E-state index in [1.807, 2.05) is 0 Å². The molecule has 1 amide bonds. The monoisotopic (exact) mass is 358 g/mol. The van der Waals surface area contributed by atoms with Crippen LogP contribution in [0.5, 0.6) is 11.5 Å². The number of nitrogens with zero attached hydrogens (tertiary/aromatic N) is 4. The molecule has 1 saturated heterocycles. The molecule has 2 atom stereocenters. The lowest BCUT2D eigenvalue weighted by Gasteiger charge is -2.16. The van der Waals surface area contributed by atoms with E-state index in [1.165, 1.54) is 0 Å². The van der Waals surface area contributed by atoms with Crippen LogP contribution in [0, 0.1) is 5.92 Å². The normalized spacial score (nSPS) is 21.2. The highest BCUT2D eigenvalue weighted by Gasteiger charge is 2.39. The minimum atomic E-state index is -0.888. The number of ether oxygens (including phenoxy) is 2. The Morgan fingerprint density at radius 3 is 2.81 bits per heavy atom. The van der Waals surface area contributed by atoms with Crippen LogP contribution in [0.1, 0.15) is 28.4 Å². The van der Waals surface area contributed by atoms with E-state index in [0.717, 1.165) is 0 Å². The van der Waals surface area contributed by atoms with Gasteiger partial charge in [-0.05, 0) is 24.1 Å². The maximum atomic E-state index is 12.9. The van der Waals surface area contributed by atoms with Gasteiger partial charge in [0.05, 0.1) is 12.1 Å². The number of carboxylic acid groups (broad SMARTS) is 1. The molecule has 1 aromatic carbocycles. The summed E-state index contributed by atoms with van der Waals surface area (Å²) in [5.41, 5.74) is 1.20. The lowest BCUT2D eigenvalue weighted by molar-refractivity contribution is -0.138. The number of fused-ring (bicyclic) bond motifs is 1. The van der Waals surface area contributed by atoms with Crippen LogP contribution in [0.15, 0.2) is 24.4 Å². The van der Waals surface area contributed by atoms with E-state index in [9.17, 15) is 14.7 Å². The fraction of sp³-hybridized carbons (Fsp3) is 0.412. The maximum Gasteiger partial charge on any atom is 0.303 e. The third-order valence-corrected chi connectivity index (χ3v) is 4.78. The van der Waals surface area contributed by atoms with Crippen molar-refractivity contribution in [3.8, 4) is 11.5 Å². The molecule has 3 heterocycles. The van der Waals surface area contributed by atoms with E-state index in [4.69, 9.17) is 9.47 Å². The van der Waals surface area contributed by atoms with Gasteiger partial charge >= 0.3 is 5.97 Å². The lowest BCUT2D eigenvalue weighted by atomic mass is 9.91. The molecule has 9 nitrogen and oxygen atoms in total. The number of rotatable bonds is 4. The zero-order chi connectivity index (χ0) is 18.3. The number of carbonyl (C=O) groups is 2. The topological polar surface area (TPSA) is 107 Å². The predicted molar refractivity (Wildman–Crippen MR) is 88.0 cm³/mol. The fourth-order valence-corrected chi connectivity index (χ4v) is 3.55. The minimum Gasteiger partial charge on any atom is -0.481 e. The van der Waals surface area contributed by atoms with Crippen LogP contribution in [-0.2, 0) is 11.8 Å². The van der Waals surface area contributed by atoms with Crippen molar-refractivity contribution in [1.82, 2.24) is 19.9 Å². The van der Waals surface area contributed by atoms with Crippen molar-refractivity contribution in [1.29, 1.82) is 0 Å². The van der Waals surface area contributed by atoms with E-state index in [1.54, 1.807) is 41.0 Å². The van der Waals surface area contributed by atoms with Gasteiger partial charge in [0.15, 0.2) is 11.5 Å². The Hall–Kier alpha value is -3.10. The summed E-state index contributed by atoms with van der Waals surface area (Å²) in [4.78, 5) is 25.8. The summed E-state index contributed by atoms with van der Waals surface area (Å²) < 4.78 is 12.2. The molecular formula is C17H18N4O5. The third-order valence-electron chi connectivity index (χ3n) is 4.78. The van der Waals surface area contributed by atoms with Crippen LogP contribution >= 0.6 is 0 Å². The Kier molecular flexibility index (Phi) is 3.98. The Labute approximate surface area is 149 Å². The van der Waals surface area contributed by atoms with E-state index in [0.29, 0.717) is 35.8 Å². The van der Waals surface area contributed by atoms with Gasteiger partial charge in [-0.3, -0.25) is 14.3 Å². The standard InChI is InChI=1S/C17H18N4O5/c1-20-8-13(18-19-20)12-7-21(6-11(12)5-16(22)23)17(24)10-2-3-14-15(4-10)26-9-25-14/h2-4,8,11-12H,5-7,9H2,1H3,(H,22,23)/t11-,12+/m0/s1. The molecule has 0 radical (unpaired) electrons. The summed E-state index contributed by atoms with van der Waals surface area (Å²) in [6.07, 6.45) is 1.75. The second kappa shape index (κ2) is 6.32. The number of aryl methyl sites for hydroxylation is 1. The van der Waals surface area contributed by atoms with Gasteiger partial charge in [0.2, 0.25) is 6.79 Å². The molecule has 0 aliphatic carbocycles. The molecule has 0 unspecified atom stereocenters. The second-order valence-electron chi connectivity index (χ2n) is 6.56. The molecular weight excluding hydrogens is 340 g/mol. The predicted octanol–water partition coefficient (Wildman–Crippen LogP) is 0.874. The average molecular weight is 358 g/mol. The minimum absolute atomic E-state index is 0.0217. The number of carbonyl (C=O) groups excluding carboxylic acids is 1. The zero-order valence-electron chi connectivity index (χ0n) is 14.2. The van der Waals surface area contributed by atoms with Gasteiger partial charge in [-0.25, -0.2) is 0 Å². The lowest BCUT2D eigenvalue weighted by Crippen LogP contribution is -2.29. The van der Waals surface area contributed by atoms with E-state index >= 15 is 0 Å². The summed E-state index contributed by atoms with van der Waals surface area (Å²) in [5.74, 6) is -0.252. The highest BCUT2D eigenvalue weighted by Crippen LogP contribution is 2.36. The van der Waals surface area contributed by atoms with Crippen LogP contribution in [0.2, 0.25) is 0 Å². The number of hydrogen-bond donors (Lipinski definition) is 1. The number of aromatic nitrogens is 3. The van der Waals surface area contributed by atoms with E-state index < -0.39 is 5.97 Å². The molecule has 1 N–H and O–H groups in total. The van der Waals surface area contributed by atoms with Crippen LogP contribution in [0.25, 0.3) is 0 Å². The number of likely N-dealkylation sites (tertiary alicyclic amines) is 1. The first-order valence-corrected chi connectivity index (χ1v) is 8.28. The second-order valence-corrected chi connectivity index (χ2v) is 6.56. The van der Waals surface area contributed by atoms with Gasteiger partial charge in [0, 0.05) is 37.8 Å². The van der Waals surface area contributed by atoms with Gasteiger partial charge in [0.1, 0.15) is 0 Å². The van der Waals surface area contributed by atoms with Crippen molar-refractivity contribution in [3.63, 3.8) is 0 Å². The summed E-state index contributed by atoms with van der Waals surface area (Å²) in [7, 11) is 1.76. The Morgan fingerprint density at radius 2 is 2.08 bits per heavy atom. The first-order chi connectivity index (χ1) is 12.5. The first-order valence-electron chi connectivity index (χ1n) is 8.28. The molecule has 2 aliphatic heterocycles. The van der Waals surface area contributed by atoms with Crippen LogP contribution < -0.4 is 9.47 Å². The van der Waals surface area contributed by atoms with Gasteiger partial charge in [0.25, 0.3) is 5.91 Å². The van der Waals surface area contributed by atoms with Crippen molar-refractivity contribution in [2.75, 3.05) is 19.9 Å². The third kappa shape index (κ3) is 2.96. The molecule has 1 aromatic heterocycles. The van der Waals surface area contributed by atoms with Crippen LogP contribution in [-0.4, -0.2) is 56.8 Å². The summed E-state index contributed by atoms with van der Waals surface area (Å²) in [6, 6.07) is 5.06. The number of benzene rings is 1. The summed E-state index contributed by atoms with van der Waals surface area (Å²) in [5, 5.41) is 17.3. The Morgan fingerprint density at radius 1 is 1.27 bits per heavy atom. The molecule has 1 fully saturated rings. The van der Waals surface area contributed by atoms with Crippen molar-refractivity contribution in [2.45, 2.75) is 12.3 Å². The molecule has 26 heavy (non-hydrogen) atoms. The number of carboxylic acids is 1. The molecule has 2 aliphatic rings. The Bertz CT molecular complexity index is 865. The molecule has 9 heteroatoms. The molecule has 0 saturated carbocycles. The van der Waals surface area contributed by atoms with Crippen molar-refractivity contribution < 1.29 is 24.2 Å². The molecule has 0 bridgehead atoms. The fourth-order valence-electron chi connectivity index (χ4n) is 3.55. The van der Waals surface area contributed by atoms with Gasteiger partial charge < -0.3 is 19.5 Å². The summed E-state index contributed by atoms with van der Waals surface area (Å²) >= 11 is 0. The van der Waals surface area contributed by atoms with Gasteiger partial charge in [-0.15, -0.1) is 5.10 Å². The molecule has 0 spiro atoms. The maximum absolute atomic E-state index is 12.9. The zero-order valence-corrected chi connectivity index (χ0v) is 14.2. The largest absolute Gasteiger partial charge is 0.481 e. The van der Waals surface area contributed by atoms with Crippen molar-refractivity contribution in [2.24, 2.45) is 13.0 Å². The molecule has 4 rings (SSSR count). The van der Waals surface area contributed by atoms with Crippen LogP contribution in [0.3, 0.4) is 0 Å². The van der Waals surface area contributed by atoms with E-state index in [2.05, 4.69) is 10.3 Å². The smallest absolute Gasteiger partial charge is 0.303 e. The molecule has 136 valence electrons.